The first-order valence-corrected chi connectivity index (χ1v) is 8.50. The molecule has 0 fully saturated rings. The lowest BCUT2D eigenvalue weighted by Crippen LogP contribution is -2.26. The van der Waals surface area contributed by atoms with Crippen molar-refractivity contribution in [1.82, 2.24) is 9.97 Å². The number of rotatable bonds is 7. The smallest absolute Gasteiger partial charge is 0.274 e. The first kappa shape index (κ1) is 17.9. The van der Waals surface area contributed by atoms with Crippen LogP contribution in [0, 0.1) is 13.8 Å². The number of hydrogen-bond donors (Lipinski definition) is 1. The van der Waals surface area contributed by atoms with Crippen molar-refractivity contribution in [3.05, 3.63) is 47.4 Å². The molecule has 0 bridgehead atoms. The van der Waals surface area contributed by atoms with Crippen LogP contribution >= 0.6 is 0 Å². The van der Waals surface area contributed by atoms with Gasteiger partial charge in [0.15, 0.2) is 0 Å². The van der Waals surface area contributed by atoms with Crippen LogP contribution in [-0.2, 0) is 0 Å². The van der Waals surface area contributed by atoms with Crippen LogP contribution in [-0.4, -0.2) is 29.0 Å². The molecule has 0 atom stereocenters. The Hall–Kier alpha value is -2.43. The van der Waals surface area contributed by atoms with E-state index in [0.717, 1.165) is 43.0 Å². The van der Waals surface area contributed by atoms with Gasteiger partial charge in [-0.25, -0.2) is 9.97 Å². The molecule has 0 radical (unpaired) electrons. The summed E-state index contributed by atoms with van der Waals surface area (Å²) in [6.07, 6.45) is 3.53. The number of nitrogens with one attached hydrogen (secondary N) is 1. The molecule has 0 aliphatic heterocycles. The molecule has 1 amide bonds. The van der Waals surface area contributed by atoms with Crippen LogP contribution in [0.15, 0.2) is 30.6 Å². The highest BCUT2D eigenvalue weighted by Crippen LogP contribution is 2.18. The number of benzene rings is 1. The van der Waals surface area contributed by atoms with Crippen molar-refractivity contribution in [3.8, 4) is 0 Å². The van der Waals surface area contributed by atoms with Crippen molar-refractivity contribution in [2.45, 2.75) is 40.5 Å². The maximum Gasteiger partial charge on any atom is 0.274 e. The van der Waals surface area contributed by atoms with Crippen LogP contribution in [0.1, 0.15) is 48.3 Å². The Bertz CT molecular complexity index is 694. The quantitative estimate of drug-likeness (QED) is 0.836. The summed E-state index contributed by atoms with van der Waals surface area (Å²) >= 11 is 0. The van der Waals surface area contributed by atoms with Gasteiger partial charge in [0.25, 0.3) is 5.91 Å². The Morgan fingerprint density at radius 3 is 2.42 bits per heavy atom. The molecular weight excluding hydrogens is 300 g/mol. The highest BCUT2D eigenvalue weighted by atomic mass is 16.1. The van der Waals surface area contributed by atoms with E-state index in [4.69, 9.17) is 0 Å². The zero-order valence-corrected chi connectivity index (χ0v) is 15.0. The minimum absolute atomic E-state index is 0.210. The van der Waals surface area contributed by atoms with Crippen molar-refractivity contribution in [2.24, 2.45) is 0 Å². The molecule has 0 aliphatic carbocycles. The largest absolute Gasteiger partial charge is 0.357 e. The van der Waals surface area contributed by atoms with Crippen LogP contribution < -0.4 is 10.2 Å². The molecule has 0 spiro atoms. The van der Waals surface area contributed by atoms with Gasteiger partial charge in [0, 0.05) is 24.8 Å². The number of anilines is 2. The van der Waals surface area contributed by atoms with Crippen LogP contribution in [0.5, 0.6) is 0 Å². The minimum Gasteiger partial charge on any atom is -0.357 e. The summed E-state index contributed by atoms with van der Waals surface area (Å²) in [5.74, 6) is 0.595. The molecule has 0 unspecified atom stereocenters. The highest BCUT2D eigenvalue weighted by Gasteiger charge is 2.13. The van der Waals surface area contributed by atoms with Crippen LogP contribution in [0.3, 0.4) is 0 Å². The van der Waals surface area contributed by atoms with Gasteiger partial charge in [0.2, 0.25) is 0 Å². The molecule has 0 saturated heterocycles. The van der Waals surface area contributed by atoms with Crippen molar-refractivity contribution >= 4 is 17.4 Å². The predicted molar refractivity (Wildman–Crippen MR) is 98.7 cm³/mol. The second-order valence-corrected chi connectivity index (χ2v) is 6.02. The van der Waals surface area contributed by atoms with E-state index in [2.05, 4.69) is 34.0 Å². The standard InChI is InChI=1S/C19H26N4O/c1-5-9-23(10-6-2)18-12-17(20-13-21-18)19(24)22-16-8-7-14(3)11-15(16)4/h7-8,11-13H,5-6,9-10H2,1-4H3,(H,22,24). The molecule has 24 heavy (non-hydrogen) atoms. The van der Waals surface area contributed by atoms with E-state index in [9.17, 15) is 4.79 Å². The molecule has 0 aliphatic rings. The third-order valence-electron chi connectivity index (χ3n) is 3.83. The minimum atomic E-state index is -0.210. The van der Waals surface area contributed by atoms with Crippen LogP contribution in [0.4, 0.5) is 11.5 Å². The molecule has 2 rings (SSSR count). The Kier molecular flexibility index (Phi) is 6.29. The summed E-state index contributed by atoms with van der Waals surface area (Å²) < 4.78 is 0. The third-order valence-corrected chi connectivity index (χ3v) is 3.83. The maximum absolute atomic E-state index is 12.5. The van der Waals surface area contributed by atoms with E-state index < -0.39 is 0 Å². The van der Waals surface area contributed by atoms with Crippen molar-refractivity contribution in [2.75, 3.05) is 23.3 Å². The van der Waals surface area contributed by atoms with Gasteiger partial charge in [-0.2, -0.15) is 0 Å². The van der Waals surface area contributed by atoms with Crippen LogP contribution in [0.2, 0.25) is 0 Å². The second kappa shape index (κ2) is 8.43. The Morgan fingerprint density at radius 1 is 1.08 bits per heavy atom. The monoisotopic (exact) mass is 326 g/mol. The second-order valence-electron chi connectivity index (χ2n) is 6.02. The molecule has 1 heterocycles. The molecular formula is C19H26N4O. The molecule has 128 valence electrons. The molecule has 1 aromatic heterocycles. The van der Waals surface area contributed by atoms with E-state index >= 15 is 0 Å². The summed E-state index contributed by atoms with van der Waals surface area (Å²) in [6.45, 7) is 10.1. The van der Waals surface area contributed by atoms with Gasteiger partial charge < -0.3 is 10.2 Å². The summed E-state index contributed by atoms with van der Waals surface area (Å²) in [7, 11) is 0. The number of nitrogens with zero attached hydrogens (tertiary/aromatic N) is 3. The van der Waals surface area contributed by atoms with Crippen molar-refractivity contribution < 1.29 is 4.79 Å². The Morgan fingerprint density at radius 2 is 1.79 bits per heavy atom. The van der Waals surface area contributed by atoms with Crippen molar-refractivity contribution in [3.63, 3.8) is 0 Å². The lowest BCUT2D eigenvalue weighted by molar-refractivity contribution is 0.102. The van der Waals surface area contributed by atoms with Gasteiger partial charge >= 0.3 is 0 Å². The lowest BCUT2D eigenvalue weighted by atomic mass is 10.1. The SMILES string of the molecule is CCCN(CCC)c1cc(C(=O)Nc2ccc(C)cc2C)ncn1. The van der Waals surface area contributed by atoms with Gasteiger partial charge in [0.05, 0.1) is 0 Å². The van der Waals surface area contributed by atoms with E-state index in [0.29, 0.717) is 5.69 Å². The fourth-order valence-corrected chi connectivity index (χ4v) is 2.67. The summed E-state index contributed by atoms with van der Waals surface area (Å²) in [4.78, 5) is 23.2. The third kappa shape index (κ3) is 4.54. The molecule has 5 nitrogen and oxygen atoms in total. The number of carbonyl (C=O) groups excluding carboxylic acids is 1. The fraction of sp³-hybridized carbons (Fsp3) is 0.421. The summed E-state index contributed by atoms with van der Waals surface area (Å²) in [5, 5.41) is 2.94. The first-order valence-electron chi connectivity index (χ1n) is 8.50. The normalized spacial score (nSPS) is 10.5. The van der Waals surface area contributed by atoms with E-state index in [1.807, 2.05) is 32.0 Å². The highest BCUT2D eigenvalue weighted by molar-refractivity contribution is 6.03. The molecule has 2 aromatic rings. The molecule has 5 heteroatoms. The number of carbonyl (C=O) groups is 1. The maximum atomic E-state index is 12.5. The summed E-state index contributed by atoms with van der Waals surface area (Å²) in [5.41, 5.74) is 3.41. The average molecular weight is 326 g/mol. The Balaban J connectivity index is 2.19. The molecule has 0 saturated carbocycles. The number of amides is 1. The zero-order chi connectivity index (χ0) is 17.5. The fourth-order valence-electron chi connectivity index (χ4n) is 2.67. The van der Waals surface area contributed by atoms with E-state index in [1.54, 1.807) is 6.07 Å². The summed E-state index contributed by atoms with van der Waals surface area (Å²) in [6, 6.07) is 7.72. The average Bonchev–Trinajstić information content (AvgIpc) is 2.57. The van der Waals surface area contributed by atoms with Gasteiger partial charge in [0.1, 0.15) is 17.8 Å². The van der Waals surface area contributed by atoms with E-state index in [1.165, 1.54) is 11.9 Å². The Labute approximate surface area is 144 Å². The lowest BCUT2D eigenvalue weighted by Gasteiger charge is -2.22. The predicted octanol–water partition coefficient (Wildman–Crippen LogP) is 3.97. The topological polar surface area (TPSA) is 58.1 Å². The molecule has 1 N–H and O–H groups in total. The van der Waals surface area contributed by atoms with Crippen molar-refractivity contribution in [1.29, 1.82) is 0 Å². The first-order chi connectivity index (χ1) is 11.5. The van der Waals surface area contributed by atoms with Crippen LogP contribution in [0.25, 0.3) is 0 Å². The van der Waals surface area contributed by atoms with Gasteiger partial charge in [-0.05, 0) is 38.3 Å². The van der Waals surface area contributed by atoms with Gasteiger partial charge in [-0.15, -0.1) is 0 Å². The molecule has 1 aromatic carbocycles. The number of hydrogen-bond acceptors (Lipinski definition) is 4. The number of aryl methyl sites for hydroxylation is 2. The van der Waals surface area contributed by atoms with Gasteiger partial charge in [-0.3, -0.25) is 4.79 Å². The number of aromatic nitrogens is 2. The van der Waals surface area contributed by atoms with Gasteiger partial charge in [-0.1, -0.05) is 31.5 Å². The van der Waals surface area contributed by atoms with E-state index in [-0.39, 0.29) is 5.91 Å². The zero-order valence-electron chi connectivity index (χ0n) is 15.0.